The van der Waals surface area contributed by atoms with Crippen molar-refractivity contribution in [3.05, 3.63) is 59.4 Å². The first-order valence-corrected chi connectivity index (χ1v) is 8.85. The van der Waals surface area contributed by atoms with Crippen molar-refractivity contribution >= 4 is 23.2 Å². The highest BCUT2D eigenvalue weighted by atomic mass is 19.1. The number of anilines is 1. The number of rotatable bonds is 4. The average Bonchev–Trinajstić information content (AvgIpc) is 2.60. The van der Waals surface area contributed by atoms with Crippen molar-refractivity contribution < 1.29 is 9.13 Å². The van der Waals surface area contributed by atoms with Gasteiger partial charge in [0.25, 0.3) is 0 Å². The predicted octanol–water partition coefficient (Wildman–Crippen LogP) is 5.61. The fourth-order valence-electron chi connectivity index (χ4n) is 3.67. The first-order valence-electron chi connectivity index (χ1n) is 8.85. The molecule has 0 N–H and O–H groups in total. The summed E-state index contributed by atoms with van der Waals surface area (Å²) < 4.78 is 20.1. The molecule has 0 unspecified atom stereocenters. The van der Waals surface area contributed by atoms with Crippen molar-refractivity contribution in [1.29, 1.82) is 0 Å². The van der Waals surface area contributed by atoms with Gasteiger partial charge in [0.15, 0.2) is 0 Å². The Kier molecular flexibility index (Phi) is 4.86. The molecule has 0 atom stereocenters. The van der Waals surface area contributed by atoms with Crippen molar-refractivity contribution in [2.45, 2.75) is 33.2 Å². The van der Waals surface area contributed by atoms with E-state index in [2.05, 4.69) is 43.7 Å². The number of fused-ring (bicyclic) bond motifs is 1. The smallest absolute Gasteiger partial charge is 0.144 e. The topological polar surface area (TPSA) is 24.8 Å². The molecule has 3 nitrogen and oxygen atoms in total. The third-order valence-corrected chi connectivity index (χ3v) is 4.84. The molecule has 1 heterocycles. The Balaban J connectivity index is 2.04. The van der Waals surface area contributed by atoms with Gasteiger partial charge in [0.05, 0.1) is 12.6 Å². The Morgan fingerprint density at radius 2 is 1.96 bits per heavy atom. The predicted molar refractivity (Wildman–Crippen MR) is 107 cm³/mol. The summed E-state index contributed by atoms with van der Waals surface area (Å²) in [7, 11) is 1.60. The molecule has 0 spiro atoms. The maximum absolute atomic E-state index is 14.8. The van der Waals surface area contributed by atoms with E-state index in [1.807, 2.05) is 30.3 Å². The van der Waals surface area contributed by atoms with Gasteiger partial charge < -0.3 is 9.64 Å². The van der Waals surface area contributed by atoms with Crippen LogP contribution in [-0.2, 0) is 0 Å². The van der Waals surface area contributed by atoms with Crippen molar-refractivity contribution in [1.82, 2.24) is 0 Å². The number of para-hydroxylation sites is 2. The van der Waals surface area contributed by atoms with E-state index >= 15 is 0 Å². The van der Waals surface area contributed by atoms with Crippen LogP contribution in [0.1, 0.15) is 38.8 Å². The van der Waals surface area contributed by atoms with Gasteiger partial charge in [0.1, 0.15) is 17.3 Å². The molecule has 0 aliphatic carbocycles. The number of nitrogens with zero attached hydrogens (tertiary/aromatic N) is 2. The standard InChI is InChI=1S/C22H25FN2O/c1-6-25-20-12-18(23)16(11-17(20)15(2)13-22(25,3)4)14-24-19-9-7-8-10-21(19)26-5/h7-14H,6H2,1-5H3. The van der Waals surface area contributed by atoms with E-state index < -0.39 is 0 Å². The zero-order chi connectivity index (χ0) is 18.9. The highest BCUT2D eigenvalue weighted by Crippen LogP contribution is 2.39. The Labute approximate surface area is 154 Å². The van der Waals surface area contributed by atoms with Crippen molar-refractivity contribution in [3.8, 4) is 5.75 Å². The summed E-state index contributed by atoms with van der Waals surface area (Å²) in [5, 5.41) is 0. The summed E-state index contributed by atoms with van der Waals surface area (Å²) in [6.45, 7) is 9.29. The fraction of sp³-hybridized carbons (Fsp3) is 0.318. The molecule has 1 aliphatic rings. The van der Waals surface area contributed by atoms with Gasteiger partial charge in [-0.15, -0.1) is 0 Å². The lowest BCUT2D eigenvalue weighted by Crippen LogP contribution is -2.45. The quantitative estimate of drug-likeness (QED) is 0.669. The van der Waals surface area contributed by atoms with Crippen LogP contribution in [0.4, 0.5) is 15.8 Å². The largest absolute Gasteiger partial charge is 0.494 e. The molecule has 0 saturated heterocycles. The third-order valence-electron chi connectivity index (χ3n) is 4.84. The van der Waals surface area contributed by atoms with Crippen LogP contribution in [0, 0.1) is 5.82 Å². The molecule has 1 aliphatic heterocycles. The molecule has 0 radical (unpaired) electrons. The molecular formula is C22H25FN2O. The van der Waals surface area contributed by atoms with Gasteiger partial charge in [-0.1, -0.05) is 18.2 Å². The van der Waals surface area contributed by atoms with E-state index in [9.17, 15) is 4.39 Å². The molecule has 0 saturated carbocycles. The summed E-state index contributed by atoms with van der Waals surface area (Å²) in [6.07, 6.45) is 3.80. The minimum absolute atomic E-state index is 0.134. The molecular weight excluding hydrogens is 327 g/mol. The van der Waals surface area contributed by atoms with Crippen LogP contribution < -0.4 is 9.64 Å². The normalized spacial score (nSPS) is 15.8. The highest BCUT2D eigenvalue weighted by molar-refractivity contribution is 5.89. The van der Waals surface area contributed by atoms with Crippen LogP contribution in [0.5, 0.6) is 5.75 Å². The summed E-state index contributed by atoms with van der Waals surface area (Å²) in [5.41, 5.74) is 4.15. The molecule has 2 aromatic rings. The Bertz CT molecular complexity index is 884. The Morgan fingerprint density at radius 3 is 2.65 bits per heavy atom. The lowest BCUT2D eigenvalue weighted by atomic mass is 9.88. The van der Waals surface area contributed by atoms with Crippen molar-refractivity contribution in [2.24, 2.45) is 4.99 Å². The van der Waals surface area contributed by atoms with E-state index in [1.54, 1.807) is 19.4 Å². The molecule has 0 amide bonds. The second-order valence-electron chi connectivity index (χ2n) is 7.05. The minimum atomic E-state index is -0.272. The second-order valence-corrected chi connectivity index (χ2v) is 7.05. The van der Waals surface area contributed by atoms with Crippen LogP contribution in [0.2, 0.25) is 0 Å². The molecule has 0 fully saturated rings. The molecule has 0 aromatic heterocycles. The number of allylic oxidation sites excluding steroid dienone is 1. The molecule has 0 bridgehead atoms. The van der Waals surface area contributed by atoms with E-state index in [0.717, 1.165) is 23.4 Å². The maximum Gasteiger partial charge on any atom is 0.144 e. The van der Waals surface area contributed by atoms with E-state index in [0.29, 0.717) is 17.0 Å². The number of hydrogen-bond acceptors (Lipinski definition) is 3. The van der Waals surface area contributed by atoms with Crippen LogP contribution in [0.15, 0.2) is 47.5 Å². The van der Waals surface area contributed by atoms with E-state index in [1.165, 1.54) is 0 Å². The molecule has 3 rings (SSSR count). The number of aliphatic imine (C=N–C) groups is 1. The van der Waals surface area contributed by atoms with Gasteiger partial charge in [-0.05, 0) is 57.5 Å². The fourth-order valence-corrected chi connectivity index (χ4v) is 3.67. The summed E-state index contributed by atoms with van der Waals surface area (Å²) in [5.74, 6) is 0.392. The number of benzene rings is 2. The summed E-state index contributed by atoms with van der Waals surface area (Å²) in [4.78, 5) is 6.65. The van der Waals surface area contributed by atoms with Gasteiger partial charge in [-0.25, -0.2) is 4.39 Å². The summed E-state index contributed by atoms with van der Waals surface area (Å²) in [6, 6.07) is 11.0. The highest BCUT2D eigenvalue weighted by Gasteiger charge is 2.30. The van der Waals surface area contributed by atoms with Gasteiger partial charge in [-0.2, -0.15) is 0 Å². The zero-order valence-corrected chi connectivity index (χ0v) is 16.0. The third kappa shape index (κ3) is 3.24. The van der Waals surface area contributed by atoms with Crippen LogP contribution in [0.25, 0.3) is 5.57 Å². The van der Waals surface area contributed by atoms with Gasteiger partial charge in [0.2, 0.25) is 0 Å². The first-order chi connectivity index (χ1) is 12.4. The SMILES string of the molecule is CCN1c2cc(F)c(C=Nc3ccccc3OC)cc2C(C)=CC1(C)C. The van der Waals surface area contributed by atoms with E-state index in [-0.39, 0.29) is 11.4 Å². The van der Waals surface area contributed by atoms with Gasteiger partial charge in [-0.3, -0.25) is 4.99 Å². The molecule has 2 aromatic carbocycles. The number of halogens is 1. The number of ether oxygens (including phenoxy) is 1. The zero-order valence-electron chi connectivity index (χ0n) is 16.0. The summed E-state index contributed by atoms with van der Waals surface area (Å²) >= 11 is 0. The number of likely N-dealkylation sites (N-methyl/N-ethyl adjacent to an activating group) is 1. The van der Waals surface area contributed by atoms with E-state index in [4.69, 9.17) is 4.74 Å². The lowest BCUT2D eigenvalue weighted by molar-refractivity contribution is 0.416. The van der Waals surface area contributed by atoms with Crippen LogP contribution in [0.3, 0.4) is 0 Å². The van der Waals surface area contributed by atoms with Crippen molar-refractivity contribution in [3.63, 3.8) is 0 Å². The average molecular weight is 352 g/mol. The molecule has 4 heteroatoms. The number of hydrogen-bond donors (Lipinski definition) is 0. The Hall–Kier alpha value is -2.62. The Morgan fingerprint density at radius 1 is 1.23 bits per heavy atom. The maximum atomic E-state index is 14.8. The first kappa shape index (κ1) is 18.2. The van der Waals surface area contributed by atoms with Gasteiger partial charge >= 0.3 is 0 Å². The lowest BCUT2D eigenvalue weighted by Gasteiger charge is -2.42. The molecule has 136 valence electrons. The monoisotopic (exact) mass is 352 g/mol. The number of methoxy groups -OCH3 is 1. The van der Waals surface area contributed by atoms with Crippen molar-refractivity contribution in [2.75, 3.05) is 18.6 Å². The second kappa shape index (κ2) is 6.94. The van der Waals surface area contributed by atoms with Crippen LogP contribution in [-0.4, -0.2) is 25.4 Å². The minimum Gasteiger partial charge on any atom is -0.494 e. The van der Waals surface area contributed by atoms with Crippen LogP contribution >= 0.6 is 0 Å². The van der Waals surface area contributed by atoms with Gasteiger partial charge in [0, 0.05) is 29.6 Å². The molecule has 26 heavy (non-hydrogen) atoms.